The Kier molecular flexibility index (Phi) is 10.6. The number of hydrogen-bond donors (Lipinski definition) is 1. The molecule has 5 nitrogen and oxygen atoms in total. The van der Waals surface area contributed by atoms with Crippen molar-refractivity contribution < 1.29 is 21.7 Å². The first-order valence-electron chi connectivity index (χ1n) is 14.7. The lowest BCUT2D eigenvalue weighted by Gasteiger charge is -2.43. The summed E-state index contributed by atoms with van der Waals surface area (Å²) in [6, 6.07) is 21.7. The fourth-order valence-corrected chi connectivity index (χ4v) is 10.0. The van der Waals surface area contributed by atoms with Gasteiger partial charge >= 0.3 is 8.65 Å². The van der Waals surface area contributed by atoms with Gasteiger partial charge in [-0.3, -0.25) is 8.90 Å². The zero-order valence-electron chi connectivity index (χ0n) is 26.2. The number of hydrogen-bond acceptors (Lipinski definition) is 4. The van der Waals surface area contributed by atoms with Gasteiger partial charge in [0, 0.05) is 16.0 Å². The van der Waals surface area contributed by atoms with Crippen LogP contribution < -0.4 is 9.15 Å². The number of rotatable bonds is 12. The molecule has 0 heterocycles. The summed E-state index contributed by atoms with van der Waals surface area (Å²) in [4.78, 5) is 14.6. The topological polar surface area (TPSA) is 72.5 Å². The maximum absolute atomic E-state index is 16.9. The molecule has 2 atom stereocenters. The molecule has 3 aromatic carbocycles. The highest BCUT2D eigenvalue weighted by Crippen LogP contribution is 2.53. The first kappa shape index (κ1) is 33.7. The summed E-state index contributed by atoms with van der Waals surface area (Å²) in [6.07, 6.45) is 1.97. The number of Topliss-reactive ketones (excluding diaryl/α,β-unsaturated/α-hetero) is 1. The highest BCUT2D eigenvalue weighted by atomic mass is 32.2. The summed E-state index contributed by atoms with van der Waals surface area (Å²) < 4.78 is 53.4. The molecule has 1 N–H and O–H groups in total. The van der Waals surface area contributed by atoms with Gasteiger partial charge in [0.25, 0.3) is 0 Å². The first-order chi connectivity index (χ1) is 19.5. The largest absolute Gasteiger partial charge is 0.516 e. The highest BCUT2D eigenvalue weighted by molar-refractivity contribution is 7.89. The van der Waals surface area contributed by atoms with Crippen molar-refractivity contribution >= 4 is 24.5 Å². The zero-order valence-corrected chi connectivity index (χ0v) is 28.0. The molecule has 0 amide bonds. The maximum Gasteiger partial charge on any atom is 0.451 e. The minimum absolute atomic E-state index is 0.128. The Morgan fingerprint density at radius 1 is 0.881 bits per heavy atom. The molecule has 8 heteroatoms. The molecule has 0 saturated heterocycles. The van der Waals surface area contributed by atoms with E-state index in [2.05, 4.69) is 4.72 Å². The van der Waals surface area contributed by atoms with Crippen molar-refractivity contribution in [2.24, 2.45) is 5.92 Å². The van der Waals surface area contributed by atoms with E-state index in [9.17, 15) is 13.2 Å². The van der Waals surface area contributed by atoms with Crippen LogP contribution in [0.15, 0.2) is 83.8 Å². The first-order valence-corrected chi connectivity index (χ1v) is 17.9. The third-order valence-corrected chi connectivity index (χ3v) is 13.5. The van der Waals surface area contributed by atoms with E-state index in [1.165, 1.54) is 0 Å². The number of nitrogens with one attached hydrogen (secondary N) is 1. The lowest BCUT2D eigenvalue weighted by atomic mass is 9.83. The standard InChI is InChI=1S/C34H46FNO4SSi/c1-9-10-18-29(31(26-16-12-11-13-17-26)36-41(38,39)27-23-21-25(2)22-24-27)32(37)28-19-14-15-20-30(28)40-42(35,33(3,4)5)34(6,7)8/h11-17,19-24,29,31,36H,9-10,18H2,1-8H3/t29-,31?/m0/s1. The molecule has 0 aliphatic heterocycles. The van der Waals surface area contributed by atoms with Crippen molar-refractivity contribution in [1.82, 2.24) is 4.72 Å². The maximum atomic E-state index is 16.9. The van der Waals surface area contributed by atoms with E-state index in [-0.39, 0.29) is 22.0 Å². The van der Waals surface area contributed by atoms with Crippen molar-refractivity contribution in [3.05, 3.63) is 95.6 Å². The molecular weight excluding hydrogens is 566 g/mol. The number of carbonyl (C=O) groups is 1. The average molecular weight is 612 g/mol. The number of sulfonamides is 1. The molecule has 0 spiro atoms. The summed E-state index contributed by atoms with van der Waals surface area (Å²) in [7, 11) is -7.95. The second kappa shape index (κ2) is 13.2. The van der Waals surface area contributed by atoms with Crippen LogP contribution in [0.5, 0.6) is 5.75 Å². The molecule has 1 unspecified atom stereocenters. The summed E-state index contributed by atoms with van der Waals surface area (Å²) in [6.45, 7) is 14.9. The van der Waals surface area contributed by atoms with E-state index in [0.29, 0.717) is 18.4 Å². The number of ketones is 1. The normalized spacial score (nSPS) is 14.3. The molecule has 0 bridgehead atoms. The van der Waals surface area contributed by atoms with Gasteiger partial charge in [0.2, 0.25) is 10.0 Å². The number of halogens is 1. The number of carbonyl (C=O) groups excluding carboxylic acids is 1. The van der Waals surface area contributed by atoms with E-state index < -0.39 is 40.7 Å². The van der Waals surface area contributed by atoms with E-state index in [0.717, 1.165) is 12.0 Å². The number of unbranched alkanes of at least 4 members (excludes halogenated alkanes) is 1. The van der Waals surface area contributed by atoms with Crippen molar-refractivity contribution in [1.29, 1.82) is 0 Å². The molecule has 3 rings (SSSR count). The molecule has 3 aromatic rings. The second-order valence-corrected chi connectivity index (χ2v) is 19.2. The van der Waals surface area contributed by atoms with E-state index in [1.807, 2.05) is 85.7 Å². The second-order valence-electron chi connectivity index (χ2n) is 13.1. The fraction of sp³-hybridized carbons (Fsp3) is 0.441. The fourth-order valence-electron chi connectivity index (χ4n) is 5.41. The van der Waals surface area contributed by atoms with Crippen LogP contribution in [-0.2, 0) is 10.0 Å². The van der Waals surface area contributed by atoms with E-state index in [1.54, 1.807) is 48.5 Å². The summed E-state index contributed by atoms with van der Waals surface area (Å²) >= 11 is 0. The quantitative estimate of drug-likeness (QED) is 0.126. The highest BCUT2D eigenvalue weighted by Gasteiger charge is 2.60. The Labute approximate surface area is 253 Å². The molecule has 0 aliphatic rings. The van der Waals surface area contributed by atoms with Crippen molar-refractivity contribution in [3.63, 3.8) is 0 Å². The van der Waals surface area contributed by atoms with Gasteiger partial charge in [-0.25, -0.2) is 13.1 Å². The average Bonchev–Trinajstić information content (AvgIpc) is 2.92. The van der Waals surface area contributed by atoms with Crippen LogP contribution in [0.1, 0.15) is 95.3 Å². The number of aryl methyl sites for hydroxylation is 1. The molecule has 0 saturated carbocycles. The van der Waals surface area contributed by atoms with Gasteiger partial charge in [0.1, 0.15) is 5.75 Å². The Bertz CT molecular complexity index is 1430. The van der Waals surface area contributed by atoms with Crippen LogP contribution >= 0.6 is 0 Å². The Morgan fingerprint density at radius 2 is 1.43 bits per heavy atom. The van der Waals surface area contributed by atoms with Crippen LogP contribution in [0, 0.1) is 12.8 Å². The summed E-state index contributed by atoms with van der Waals surface area (Å²) in [5, 5.41) is -1.53. The number of para-hydroxylation sites is 1. The van der Waals surface area contributed by atoms with Gasteiger partial charge in [0.05, 0.1) is 16.5 Å². The van der Waals surface area contributed by atoms with Crippen LogP contribution in [0.25, 0.3) is 0 Å². The minimum Gasteiger partial charge on any atom is -0.516 e. The molecule has 228 valence electrons. The summed E-state index contributed by atoms with van der Waals surface area (Å²) in [5.74, 6) is -0.827. The SMILES string of the molecule is CCCC[C@H](C(=O)c1ccccc1O[Si](F)(C(C)(C)C)C(C)(C)C)C(NS(=O)(=O)c1ccc(C)cc1)c1ccccc1. The zero-order chi connectivity index (χ0) is 31.3. The Hall–Kier alpha value is -2.81. The van der Waals surface area contributed by atoms with Gasteiger partial charge < -0.3 is 4.43 Å². The van der Waals surface area contributed by atoms with Crippen molar-refractivity contribution in [3.8, 4) is 5.75 Å². The molecule has 42 heavy (non-hydrogen) atoms. The van der Waals surface area contributed by atoms with Gasteiger partial charge in [-0.15, -0.1) is 0 Å². The molecule has 0 radical (unpaired) electrons. The van der Waals surface area contributed by atoms with Crippen LogP contribution in [0.4, 0.5) is 4.11 Å². The lowest BCUT2D eigenvalue weighted by molar-refractivity contribution is 0.0883. The number of benzene rings is 3. The van der Waals surface area contributed by atoms with Gasteiger partial charge in [-0.1, -0.05) is 121 Å². The van der Waals surface area contributed by atoms with Crippen LogP contribution in [-0.4, -0.2) is 22.9 Å². The van der Waals surface area contributed by atoms with E-state index in [4.69, 9.17) is 4.43 Å². The van der Waals surface area contributed by atoms with Crippen LogP contribution in [0.2, 0.25) is 10.1 Å². The third kappa shape index (κ3) is 7.57. The van der Waals surface area contributed by atoms with Crippen LogP contribution in [0.3, 0.4) is 0 Å². The van der Waals surface area contributed by atoms with E-state index >= 15 is 4.11 Å². The smallest absolute Gasteiger partial charge is 0.451 e. The monoisotopic (exact) mass is 611 g/mol. The Morgan fingerprint density at radius 3 is 1.98 bits per heavy atom. The van der Waals surface area contributed by atoms with Gasteiger partial charge in [-0.2, -0.15) is 0 Å². The van der Waals surface area contributed by atoms with Crippen molar-refractivity contribution in [2.45, 2.75) is 95.7 Å². The van der Waals surface area contributed by atoms with Crippen molar-refractivity contribution in [2.75, 3.05) is 0 Å². The third-order valence-electron chi connectivity index (χ3n) is 7.71. The summed E-state index contributed by atoms with van der Waals surface area (Å²) in [5.41, 5.74) is 1.89. The molecule has 0 fully saturated rings. The molecule has 0 aliphatic carbocycles. The predicted octanol–water partition coefficient (Wildman–Crippen LogP) is 9.09. The minimum atomic E-state index is -3.97. The predicted molar refractivity (Wildman–Crippen MR) is 171 cm³/mol. The molecule has 0 aromatic heterocycles. The van der Waals surface area contributed by atoms with Gasteiger partial charge in [0.15, 0.2) is 5.78 Å². The molecular formula is C34H46FNO4SSi. The lowest BCUT2D eigenvalue weighted by Crippen LogP contribution is -2.53. The Balaban J connectivity index is 2.14. The van der Waals surface area contributed by atoms with Gasteiger partial charge in [-0.05, 0) is 43.2 Å².